The summed E-state index contributed by atoms with van der Waals surface area (Å²) in [6, 6.07) is 3.76. The number of amides is 1. The number of hydrogen-bond acceptors (Lipinski definition) is 5. The van der Waals surface area contributed by atoms with Gasteiger partial charge in [-0.15, -0.1) is 0 Å². The zero-order chi connectivity index (χ0) is 19.5. The van der Waals surface area contributed by atoms with Gasteiger partial charge in [0, 0.05) is 24.2 Å². The lowest BCUT2D eigenvalue weighted by Gasteiger charge is -2.23. The number of benzene rings is 1. The first kappa shape index (κ1) is 20.4. The Bertz CT molecular complexity index is 797. The molecule has 0 aliphatic carbocycles. The average Bonchev–Trinajstić information content (AvgIpc) is 2.80. The fraction of sp³-hybridized carbons (Fsp3) is 0.353. The number of esters is 1. The highest BCUT2D eigenvalue weighted by molar-refractivity contribution is 9.09. The molecule has 26 heavy (non-hydrogen) atoms. The number of Topliss-reactive ketones (excluding diaryl/α,β-unsaturated/α-hetero) is 1. The predicted molar refractivity (Wildman–Crippen MR) is 94.8 cm³/mol. The summed E-state index contributed by atoms with van der Waals surface area (Å²) in [5, 5.41) is 2.94. The van der Waals surface area contributed by atoms with Gasteiger partial charge in [0.2, 0.25) is 17.5 Å². The number of alkyl halides is 1. The van der Waals surface area contributed by atoms with Crippen LogP contribution in [0.3, 0.4) is 0 Å². The van der Waals surface area contributed by atoms with E-state index in [-0.39, 0.29) is 22.9 Å². The Labute approximate surface area is 162 Å². The summed E-state index contributed by atoms with van der Waals surface area (Å²) in [7, 11) is 0. The van der Waals surface area contributed by atoms with Crippen molar-refractivity contribution in [2.45, 2.75) is 32.3 Å². The van der Waals surface area contributed by atoms with Crippen molar-refractivity contribution in [2.24, 2.45) is 0 Å². The van der Waals surface area contributed by atoms with Crippen LogP contribution in [0, 0.1) is 5.82 Å². The molecule has 9 heteroatoms. The topological polar surface area (TPSA) is 81.7 Å². The van der Waals surface area contributed by atoms with Crippen molar-refractivity contribution in [1.29, 1.82) is 0 Å². The molecule has 1 heterocycles. The van der Waals surface area contributed by atoms with Gasteiger partial charge in [-0.25, -0.2) is 4.39 Å². The third-order valence-electron chi connectivity index (χ3n) is 3.66. The van der Waals surface area contributed by atoms with Crippen LogP contribution in [-0.2, 0) is 29.5 Å². The minimum atomic E-state index is -1.67. The third kappa shape index (κ3) is 4.24. The SMILES string of the molecule is CC(=O)OC1=C(NC(=O)CCCBr)OC(C)(c2ccc(Cl)c(F)c2)C1=O. The van der Waals surface area contributed by atoms with Gasteiger partial charge in [-0.1, -0.05) is 33.6 Å². The van der Waals surface area contributed by atoms with Crippen molar-refractivity contribution < 1.29 is 28.2 Å². The molecule has 0 spiro atoms. The Balaban J connectivity index is 2.36. The van der Waals surface area contributed by atoms with Crippen LogP contribution in [0.4, 0.5) is 4.39 Å². The molecule has 140 valence electrons. The molecule has 1 aliphatic heterocycles. The normalized spacial score (nSPS) is 19.3. The molecule has 0 radical (unpaired) electrons. The summed E-state index contributed by atoms with van der Waals surface area (Å²) in [5.41, 5.74) is -1.51. The molecule has 6 nitrogen and oxygen atoms in total. The lowest BCUT2D eigenvalue weighted by Crippen LogP contribution is -2.32. The van der Waals surface area contributed by atoms with E-state index >= 15 is 0 Å². The Kier molecular flexibility index (Phi) is 6.41. The highest BCUT2D eigenvalue weighted by atomic mass is 79.9. The fourth-order valence-corrected chi connectivity index (χ4v) is 2.73. The maximum Gasteiger partial charge on any atom is 0.308 e. The van der Waals surface area contributed by atoms with Crippen LogP contribution in [0.5, 0.6) is 0 Å². The second-order valence-electron chi connectivity index (χ2n) is 5.69. The second-order valence-corrected chi connectivity index (χ2v) is 6.89. The van der Waals surface area contributed by atoms with E-state index in [9.17, 15) is 18.8 Å². The van der Waals surface area contributed by atoms with Crippen molar-refractivity contribution in [1.82, 2.24) is 5.32 Å². The molecule has 0 aromatic heterocycles. The standard InChI is InChI=1S/C17H16BrClFNO5/c1-9(22)25-14-15(24)17(2,10-5-6-11(19)12(20)8-10)26-16(14)21-13(23)4-3-7-18/h5-6,8H,3-4,7H2,1-2H3,(H,21,23). The molecule has 2 rings (SSSR count). The van der Waals surface area contributed by atoms with Gasteiger partial charge in [0.1, 0.15) is 5.82 Å². The molecular formula is C17H16BrClFNO5. The fourth-order valence-electron chi connectivity index (χ4n) is 2.33. The van der Waals surface area contributed by atoms with Crippen molar-refractivity contribution >= 4 is 45.2 Å². The van der Waals surface area contributed by atoms with Gasteiger partial charge in [0.25, 0.3) is 5.78 Å². The van der Waals surface area contributed by atoms with Gasteiger partial charge in [-0.3, -0.25) is 19.7 Å². The molecule has 0 fully saturated rings. The van der Waals surface area contributed by atoms with Crippen molar-refractivity contribution in [3.05, 3.63) is 46.2 Å². The number of halogens is 3. The quantitative estimate of drug-likeness (QED) is 0.533. The van der Waals surface area contributed by atoms with Crippen LogP contribution in [0.2, 0.25) is 5.02 Å². The van der Waals surface area contributed by atoms with Crippen LogP contribution < -0.4 is 5.32 Å². The zero-order valence-electron chi connectivity index (χ0n) is 14.0. The van der Waals surface area contributed by atoms with Gasteiger partial charge in [-0.2, -0.15) is 0 Å². The van der Waals surface area contributed by atoms with E-state index in [0.29, 0.717) is 11.8 Å². The lowest BCUT2D eigenvalue weighted by atomic mass is 9.91. The highest BCUT2D eigenvalue weighted by Crippen LogP contribution is 2.39. The summed E-state index contributed by atoms with van der Waals surface area (Å²) in [6.45, 7) is 2.50. The minimum absolute atomic E-state index is 0.112. The third-order valence-corrected chi connectivity index (χ3v) is 4.53. The van der Waals surface area contributed by atoms with Crippen molar-refractivity contribution in [3.63, 3.8) is 0 Å². The van der Waals surface area contributed by atoms with E-state index in [2.05, 4.69) is 21.2 Å². The Morgan fingerprint density at radius 3 is 2.69 bits per heavy atom. The van der Waals surface area contributed by atoms with E-state index in [4.69, 9.17) is 21.1 Å². The molecule has 1 amide bonds. The number of carbonyl (C=O) groups is 3. The van der Waals surface area contributed by atoms with Gasteiger partial charge in [0.15, 0.2) is 5.60 Å². The number of nitrogens with one attached hydrogen (secondary N) is 1. The highest BCUT2D eigenvalue weighted by Gasteiger charge is 2.50. The average molecular weight is 449 g/mol. The summed E-state index contributed by atoms with van der Waals surface area (Å²) < 4.78 is 24.4. The van der Waals surface area contributed by atoms with E-state index in [0.717, 1.165) is 13.0 Å². The Morgan fingerprint density at radius 2 is 2.12 bits per heavy atom. The van der Waals surface area contributed by atoms with Crippen LogP contribution in [0.1, 0.15) is 32.3 Å². The molecule has 0 bridgehead atoms. The number of rotatable bonds is 6. The largest absolute Gasteiger partial charge is 0.456 e. The number of carbonyl (C=O) groups excluding carboxylic acids is 3. The predicted octanol–water partition coefficient (Wildman–Crippen LogP) is 3.32. The maximum atomic E-state index is 13.8. The number of hydrogen-bond donors (Lipinski definition) is 1. The van der Waals surface area contributed by atoms with Gasteiger partial charge in [0.05, 0.1) is 5.02 Å². The molecule has 1 aromatic rings. The van der Waals surface area contributed by atoms with Gasteiger partial charge >= 0.3 is 5.97 Å². The summed E-state index contributed by atoms with van der Waals surface area (Å²) >= 11 is 8.88. The number of ether oxygens (including phenoxy) is 2. The zero-order valence-corrected chi connectivity index (χ0v) is 16.4. The first-order valence-electron chi connectivity index (χ1n) is 7.67. The molecule has 0 saturated carbocycles. The van der Waals surface area contributed by atoms with E-state index in [1.807, 2.05) is 0 Å². The molecule has 1 unspecified atom stereocenters. The maximum absolute atomic E-state index is 13.8. The second kappa shape index (κ2) is 8.18. The molecule has 1 N–H and O–H groups in total. The molecular weight excluding hydrogens is 433 g/mol. The van der Waals surface area contributed by atoms with Crippen LogP contribution in [-0.4, -0.2) is 23.0 Å². The van der Waals surface area contributed by atoms with Crippen LogP contribution in [0.15, 0.2) is 29.8 Å². The Hall–Kier alpha value is -1.93. The van der Waals surface area contributed by atoms with E-state index in [1.165, 1.54) is 19.1 Å². The molecule has 0 saturated heterocycles. The molecule has 1 aromatic carbocycles. The van der Waals surface area contributed by atoms with Crippen molar-refractivity contribution in [2.75, 3.05) is 5.33 Å². The first-order chi connectivity index (χ1) is 12.2. The smallest absolute Gasteiger partial charge is 0.308 e. The van der Waals surface area contributed by atoms with Gasteiger partial charge < -0.3 is 9.47 Å². The molecule has 1 atom stereocenters. The van der Waals surface area contributed by atoms with Crippen molar-refractivity contribution in [3.8, 4) is 0 Å². The summed E-state index contributed by atoms with van der Waals surface area (Å²) in [5.74, 6) is -3.32. The lowest BCUT2D eigenvalue weighted by molar-refractivity contribution is -0.142. The van der Waals surface area contributed by atoms with Crippen LogP contribution in [0.25, 0.3) is 0 Å². The number of ketones is 1. The van der Waals surface area contributed by atoms with E-state index in [1.54, 1.807) is 0 Å². The summed E-state index contributed by atoms with van der Waals surface area (Å²) in [6.07, 6.45) is 0.738. The minimum Gasteiger partial charge on any atom is -0.456 e. The van der Waals surface area contributed by atoms with E-state index < -0.39 is 34.8 Å². The van der Waals surface area contributed by atoms with Gasteiger partial charge in [-0.05, 0) is 25.5 Å². The monoisotopic (exact) mass is 447 g/mol. The molecule has 1 aliphatic rings. The summed E-state index contributed by atoms with van der Waals surface area (Å²) in [4.78, 5) is 36.1. The first-order valence-corrected chi connectivity index (χ1v) is 9.17. The van der Waals surface area contributed by atoms with Crippen LogP contribution >= 0.6 is 27.5 Å². The Morgan fingerprint density at radius 1 is 1.42 bits per heavy atom.